The van der Waals surface area contributed by atoms with E-state index >= 15 is 0 Å². The van der Waals surface area contributed by atoms with E-state index < -0.39 is 0 Å². The largest absolute Gasteiger partial charge is 0.260 e. The van der Waals surface area contributed by atoms with Crippen molar-refractivity contribution in [3.8, 4) is 0 Å². The van der Waals surface area contributed by atoms with E-state index in [0.717, 1.165) is 29.8 Å². The number of pyridine rings is 1. The summed E-state index contributed by atoms with van der Waals surface area (Å²) in [4.78, 5) is 12.9. The molecule has 2 heterocycles. The standard InChI is InChI=1S/C13H12ClN3/c1-8-7-16-13(14)17-11(8)10-5-4-9-3-2-6-15-12(9)10/h2-3,6-7,10H,4-5H2,1H3. The van der Waals surface area contributed by atoms with Crippen LogP contribution in [0.4, 0.5) is 0 Å². The van der Waals surface area contributed by atoms with Crippen LogP contribution < -0.4 is 0 Å². The lowest BCUT2D eigenvalue weighted by Gasteiger charge is -2.12. The minimum Gasteiger partial charge on any atom is -0.260 e. The number of fused-ring (bicyclic) bond motifs is 1. The van der Waals surface area contributed by atoms with E-state index in [1.807, 2.05) is 19.2 Å². The fourth-order valence-electron chi connectivity index (χ4n) is 2.46. The zero-order chi connectivity index (χ0) is 11.8. The molecule has 86 valence electrons. The molecule has 0 bridgehead atoms. The zero-order valence-corrected chi connectivity index (χ0v) is 10.3. The summed E-state index contributed by atoms with van der Waals surface area (Å²) in [5.74, 6) is 0.270. The van der Waals surface area contributed by atoms with Gasteiger partial charge in [-0.1, -0.05) is 6.07 Å². The lowest BCUT2D eigenvalue weighted by Crippen LogP contribution is -2.05. The first kappa shape index (κ1) is 10.7. The summed E-state index contributed by atoms with van der Waals surface area (Å²) in [5.41, 5.74) is 4.57. The smallest absolute Gasteiger partial charge is 0.222 e. The first-order valence-corrected chi connectivity index (χ1v) is 6.06. The van der Waals surface area contributed by atoms with Crippen molar-refractivity contribution in [2.45, 2.75) is 25.7 Å². The van der Waals surface area contributed by atoms with Crippen LogP contribution in [-0.4, -0.2) is 15.0 Å². The highest BCUT2D eigenvalue weighted by Gasteiger charge is 2.27. The van der Waals surface area contributed by atoms with Gasteiger partial charge in [0.05, 0.1) is 11.4 Å². The molecule has 0 radical (unpaired) electrons. The van der Waals surface area contributed by atoms with Gasteiger partial charge in [0, 0.05) is 18.3 Å². The summed E-state index contributed by atoms with van der Waals surface area (Å²) in [6, 6.07) is 4.13. The molecule has 0 N–H and O–H groups in total. The molecule has 1 atom stereocenters. The minimum absolute atomic E-state index is 0.270. The van der Waals surface area contributed by atoms with Crippen LogP contribution in [0.5, 0.6) is 0 Å². The molecule has 0 fully saturated rings. The highest BCUT2D eigenvalue weighted by molar-refractivity contribution is 6.28. The first-order valence-electron chi connectivity index (χ1n) is 5.68. The fourth-order valence-corrected chi connectivity index (χ4v) is 2.60. The lowest BCUT2D eigenvalue weighted by atomic mass is 9.99. The highest BCUT2D eigenvalue weighted by atomic mass is 35.5. The fraction of sp³-hybridized carbons (Fsp3) is 0.308. The Hall–Kier alpha value is -1.48. The third-order valence-electron chi connectivity index (χ3n) is 3.27. The van der Waals surface area contributed by atoms with Crippen LogP contribution in [0.3, 0.4) is 0 Å². The summed E-state index contributed by atoms with van der Waals surface area (Å²) in [6.45, 7) is 2.02. The molecule has 1 aliphatic rings. The number of nitrogens with zero attached hydrogens (tertiary/aromatic N) is 3. The van der Waals surface area contributed by atoms with Gasteiger partial charge in [-0.15, -0.1) is 0 Å². The Balaban J connectivity index is 2.10. The van der Waals surface area contributed by atoms with Crippen molar-refractivity contribution in [3.63, 3.8) is 0 Å². The molecule has 2 aromatic rings. The van der Waals surface area contributed by atoms with Gasteiger partial charge in [0.15, 0.2) is 0 Å². The van der Waals surface area contributed by atoms with Gasteiger partial charge in [0.1, 0.15) is 0 Å². The highest BCUT2D eigenvalue weighted by Crippen LogP contribution is 2.36. The zero-order valence-electron chi connectivity index (χ0n) is 9.52. The number of aryl methyl sites for hydroxylation is 2. The van der Waals surface area contributed by atoms with Crippen LogP contribution in [-0.2, 0) is 6.42 Å². The van der Waals surface area contributed by atoms with Crippen molar-refractivity contribution in [1.82, 2.24) is 15.0 Å². The molecule has 0 saturated carbocycles. The SMILES string of the molecule is Cc1cnc(Cl)nc1C1CCc2cccnc21. The van der Waals surface area contributed by atoms with Crippen LogP contribution in [0.15, 0.2) is 24.5 Å². The summed E-state index contributed by atoms with van der Waals surface area (Å²) in [6.07, 6.45) is 5.75. The number of halogens is 1. The maximum Gasteiger partial charge on any atom is 0.222 e. The van der Waals surface area contributed by atoms with Crippen LogP contribution in [0, 0.1) is 6.92 Å². The van der Waals surface area contributed by atoms with E-state index in [1.165, 1.54) is 5.56 Å². The molecule has 3 nitrogen and oxygen atoms in total. The Bertz CT molecular complexity index is 568. The van der Waals surface area contributed by atoms with E-state index in [0.29, 0.717) is 5.28 Å². The topological polar surface area (TPSA) is 38.7 Å². The summed E-state index contributed by atoms with van der Waals surface area (Å²) in [5, 5.41) is 0.315. The van der Waals surface area contributed by atoms with Crippen molar-refractivity contribution in [3.05, 3.63) is 52.3 Å². The number of aromatic nitrogens is 3. The van der Waals surface area contributed by atoms with Crippen molar-refractivity contribution < 1.29 is 0 Å². The summed E-state index contributed by atoms with van der Waals surface area (Å²) in [7, 11) is 0. The van der Waals surface area contributed by atoms with Gasteiger partial charge in [-0.25, -0.2) is 9.97 Å². The molecule has 0 amide bonds. The van der Waals surface area contributed by atoms with Gasteiger partial charge >= 0.3 is 0 Å². The van der Waals surface area contributed by atoms with Crippen LogP contribution >= 0.6 is 11.6 Å². The monoisotopic (exact) mass is 245 g/mol. The number of hydrogen-bond acceptors (Lipinski definition) is 3. The third-order valence-corrected chi connectivity index (χ3v) is 3.45. The molecule has 17 heavy (non-hydrogen) atoms. The molecular weight excluding hydrogens is 234 g/mol. The van der Waals surface area contributed by atoms with Gasteiger partial charge in [-0.2, -0.15) is 0 Å². The maximum atomic E-state index is 5.88. The first-order chi connectivity index (χ1) is 8.25. The van der Waals surface area contributed by atoms with Gasteiger partial charge in [-0.3, -0.25) is 4.98 Å². The number of hydrogen-bond donors (Lipinski definition) is 0. The second-order valence-corrected chi connectivity index (χ2v) is 4.68. The van der Waals surface area contributed by atoms with Gasteiger partial charge < -0.3 is 0 Å². The normalized spacial score (nSPS) is 18.1. The Labute approximate surface area is 105 Å². The predicted octanol–water partition coefficient (Wildman–Crippen LogP) is 2.91. The molecule has 3 rings (SSSR count). The molecule has 2 aromatic heterocycles. The van der Waals surface area contributed by atoms with Crippen molar-refractivity contribution in [1.29, 1.82) is 0 Å². The molecule has 1 unspecified atom stereocenters. The third kappa shape index (κ3) is 1.80. The van der Waals surface area contributed by atoms with Crippen molar-refractivity contribution >= 4 is 11.6 Å². The Morgan fingerprint density at radius 3 is 3.06 bits per heavy atom. The van der Waals surface area contributed by atoms with E-state index in [4.69, 9.17) is 11.6 Å². The second-order valence-electron chi connectivity index (χ2n) is 4.35. The Morgan fingerprint density at radius 2 is 2.18 bits per heavy atom. The quantitative estimate of drug-likeness (QED) is 0.725. The molecule has 0 spiro atoms. The van der Waals surface area contributed by atoms with E-state index in [1.54, 1.807) is 6.20 Å². The molecule has 1 aliphatic carbocycles. The van der Waals surface area contributed by atoms with Gasteiger partial charge in [0.2, 0.25) is 5.28 Å². The van der Waals surface area contributed by atoms with E-state index in [2.05, 4.69) is 21.0 Å². The average Bonchev–Trinajstić information content (AvgIpc) is 2.76. The molecule has 4 heteroatoms. The van der Waals surface area contributed by atoms with Gasteiger partial charge in [0.25, 0.3) is 0 Å². The van der Waals surface area contributed by atoms with E-state index in [9.17, 15) is 0 Å². The van der Waals surface area contributed by atoms with Crippen molar-refractivity contribution in [2.24, 2.45) is 0 Å². The predicted molar refractivity (Wildman–Crippen MR) is 66.2 cm³/mol. The Kier molecular flexibility index (Phi) is 2.56. The molecule has 0 aliphatic heterocycles. The maximum absolute atomic E-state index is 5.88. The van der Waals surface area contributed by atoms with Crippen molar-refractivity contribution in [2.75, 3.05) is 0 Å². The minimum atomic E-state index is 0.270. The summed E-state index contributed by atoms with van der Waals surface area (Å²) < 4.78 is 0. The van der Waals surface area contributed by atoms with Crippen LogP contribution in [0.1, 0.15) is 34.9 Å². The van der Waals surface area contributed by atoms with Crippen LogP contribution in [0.25, 0.3) is 0 Å². The molecular formula is C13H12ClN3. The van der Waals surface area contributed by atoms with E-state index in [-0.39, 0.29) is 5.92 Å². The Morgan fingerprint density at radius 1 is 1.29 bits per heavy atom. The average molecular weight is 246 g/mol. The second kappa shape index (κ2) is 4.08. The molecule has 0 aromatic carbocycles. The van der Waals surface area contributed by atoms with Crippen LogP contribution in [0.2, 0.25) is 5.28 Å². The summed E-state index contributed by atoms with van der Waals surface area (Å²) >= 11 is 5.88. The number of rotatable bonds is 1. The lowest BCUT2D eigenvalue weighted by molar-refractivity contribution is 0.734. The molecule has 0 saturated heterocycles. The van der Waals surface area contributed by atoms with Gasteiger partial charge in [-0.05, 0) is 48.6 Å².